The van der Waals surface area contributed by atoms with Gasteiger partial charge in [-0.2, -0.15) is 0 Å². The molecule has 1 aliphatic heterocycles. The van der Waals surface area contributed by atoms with E-state index in [1.807, 2.05) is 11.8 Å². The molecule has 2 unspecified atom stereocenters. The summed E-state index contributed by atoms with van der Waals surface area (Å²) in [5.74, 6) is 1.29. The fraction of sp³-hybridized carbons (Fsp3) is 0.588. The summed E-state index contributed by atoms with van der Waals surface area (Å²) in [6.45, 7) is 7.55. The van der Waals surface area contributed by atoms with Gasteiger partial charge in [0.05, 0.1) is 6.10 Å². The first-order valence-corrected chi connectivity index (χ1v) is 8.62. The Morgan fingerprint density at radius 1 is 1.43 bits per heavy atom. The molecule has 21 heavy (non-hydrogen) atoms. The monoisotopic (exact) mass is 307 g/mol. The second kappa shape index (κ2) is 7.32. The second-order valence-electron chi connectivity index (χ2n) is 5.97. The van der Waals surface area contributed by atoms with Gasteiger partial charge in [-0.3, -0.25) is 4.79 Å². The van der Waals surface area contributed by atoms with Crippen LogP contribution in [0.15, 0.2) is 23.1 Å². The summed E-state index contributed by atoms with van der Waals surface area (Å²) < 4.78 is 0. The Hall–Kier alpha value is -1.00. The molecule has 0 bridgehead atoms. The van der Waals surface area contributed by atoms with Gasteiger partial charge in [0.25, 0.3) is 0 Å². The van der Waals surface area contributed by atoms with Crippen molar-refractivity contribution < 1.29 is 9.90 Å². The van der Waals surface area contributed by atoms with Crippen LogP contribution < -0.4 is 0 Å². The predicted octanol–water partition coefficient (Wildman–Crippen LogP) is 3.01. The molecule has 0 saturated carbocycles. The third kappa shape index (κ3) is 4.48. The summed E-state index contributed by atoms with van der Waals surface area (Å²) in [6.07, 6.45) is 1.19. The van der Waals surface area contributed by atoms with Crippen molar-refractivity contribution in [1.82, 2.24) is 4.90 Å². The van der Waals surface area contributed by atoms with Gasteiger partial charge < -0.3 is 10.0 Å². The molecule has 1 aromatic rings. The molecule has 2 rings (SSSR count). The van der Waals surface area contributed by atoms with Crippen LogP contribution in [0.2, 0.25) is 0 Å². The first-order chi connectivity index (χ1) is 9.97. The fourth-order valence-corrected chi connectivity index (χ4v) is 3.56. The van der Waals surface area contributed by atoms with Gasteiger partial charge in [0.2, 0.25) is 5.91 Å². The van der Waals surface area contributed by atoms with Crippen LogP contribution in [-0.2, 0) is 4.79 Å². The van der Waals surface area contributed by atoms with E-state index in [0.717, 1.165) is 18.7 Å². The number of nitrogens with zero attached hydrogens (tertiary/aromatic N) is 1. The van der Waals surface area contributed by atoms with E-state index < -0.39 is 0 Å². The lowest BCUT2D eigenvalue weighted by Gasteiger charge is -2.17. The number of amides is 1. The van der Waals surface area contributed by atoms with Crippen molar-refractivity contribution in [3.05, 3.63) is 29.3 Å². The first kappa shape index (κ1) is 16.4. The maximum absolute atomic E-state index is 12.2. The number of aliphatic hydroxyl groups is 1. The summed E-state index contributed by atoms with van der Waals surface area (Å²) in [6, 6.07) is 6.44. The van der Waals surface area contributed by atoms with Crippen LogP contribution in [0.25, 0.3) is 0 Å². The highest BCUT2D eigenvalue weighted by Crippen LogP contribution is 2.24. The second-order valence-corrected chi connectivity index (χ2v) is 7.14. The zero-order chi connectivity index (χ0) is 15.4. The van der Waals surface area contributed by atoms with Crippen LogP contribution in [0.5, 0.6) is 0 Å². The van der Waals surface area contributed by atoms with Crippen LogP contribution in [0.1, 0.15) is 30.9 Å². The zero-order valence-corrected chi connectivity index (χ0v) is 13.9. The summed E-state index contributed by atoms with van der Waals surface area (Å²) >= 11 is 1.74. The molecule has 0 radical (unpaired) electrons. The Morgan fingerprint density at radius 2 is 2.19 bits per heavy atom. The first-order valence-electron chi connectivity index (χ1n) is 7.63. The average molecular weight is 307 g/mol. The number of carbonyl (C=O) groups is 1. The summed E-state index contributed by atoms with van der Waals surface area (Å²) in [5.41, 5.74) is 2.60. The predicted molar refractivity (Wildman–Crippen MR) is 87.6 cm³/mol. The van der Waals surface area contributed by atoms with E-state index in [0.29, 0.717) is 13.0 Å². The van der Waals surface area contributed by atoms with Crippen LogP contribution in [-0.4, -0.2) is 40.9 Å². The smallest absolute Gasteiger partial charge is 0.223 e. The lowest BCUT2D eigenvalue weighted by molar-refractivity contribution is -0.129. The minimum absolute atomic E-state index is 0.217. The molecule has 1 aliphatic rings. The topological polar surface area (TPSA) is 40.5 Å². The highest BCUT2D eigenvalue weighted by Gasteiger charge is 2.28. The molecule has 1 saturated heterocycles. The highest BCUT2D eigenvalue weighted by molar-refractivity contribution is 7.99. The summed E-state index contributed by atoms with van der Waals surface area (Å²) in [7, 11) is 0. The lowest BCUT2D eigenvalue weighted by Crippen LogP contribution is -2.30. The highest BCUT2D eigenvalue weighted by atomic mass is 32.2. The minimum Gasteiger partial charge on any atom is -0.393 e. The normalized spacial score (nSPS) is 19.8. The van der Waals surface area contributed by atoms with E-state index in [1.165, 1.54) is 16.0 Å². The molecule has 1 aromatic carbocycles. The van der Waals surface area contributed by atoms with Crippen LogP contribution in [0.4, 0.5) is 0 Å². The molecule has 1 fully saturated rings. The van der Waals surface area contributed by atoms with Gasteiger partial charge in [0.1, 0.15) is 0 Å². The molecular weight excluding hydrogens is 282 g/mol. The van der Waals surface area contributed by atoms with Crippen molar-refractivity contribution in [3.63, 3.8) is 0 Å². The van der Waals surface area contributed by atoms with Gasteiger partial charge in [-0.15, -0.1) is 11.8 Å². The van der Waals surface area contributed by atoms with E-state index in [9.17, 15) is 9.90 Å². The van der Waals surface area contributed by atoms with E-state index in [4.69, 9.17) is 0 Å². The Labute approximate surface area is 131 Å². The molecular formula is C17H25NO2S. The van der Waals surface area contributed by atoms with E-state index in [1.54, 1.807) is 11.8 Å². The summed E-state index contributed by atoms with van der Waals surface area (Å²) in [4.78, 5) is 15.3. The van der Waals surface area contributed by atoms with Gasteiger partial charge in [0.15, 0.2) is 0 Å². The number of hydrogen-bond donors (Lipinski definition) is 1. The maximum Gasteiger partial charge on any atom is 0.223 e. The van der Waals surface area contributed by atoms with Gasteiger partial charge in [-0.1, -0.05) is 6.07 Å². The fourth-order valence-electron chi connectivity index (χ4n) is 2.63. The Balaban J connectivity index is 1.76. The van der Waals surface area contributed by atoms with Gasteiger partial charge >= 0.3 is 0 Å². The number of rotatable bonds is 5. The molecule has 4 heteroatoms. The number of aryl methyl sites for hydroxylation is 2. The Kier molecular flexibility index (Phi) is 5.71. The number of likely N-dealkylation sites (tertiary alicyclic amines) is 1. The van der Waals surface area contributed by atoms with E-state index >= 15 is 0 Å². The van der Waals surface area contributed by atoms with Gasteiger partial charge in [-0.25, -0.2) is 0 Å². The summed E-state index contributed by atoms with van der Waals surface area (Å²) in [5, 5.41) is 9.58. The molecule has 1 amide bonds. The standard InChI is InChI=1S/C17H25NO2S/c1-12-4-5-16(10-13(12)2)21-9-7-17(20)18-8-6-15(11-18)14(3)19/h4-5,10,14-15,19H,6-9,11H2,1-3H3. The number of hydrogen-bond acceptors (Lipinski definition) is 3. The molecule has 0 spiro atoms. The Bertz CT molecular complexity index is 502. The maximum atomic E-state index is 12.2. The Morgan fingerprint density at radius 3 is 2.81 bits per heavy atom. The van der Waals surface area contributed by atoms with Crippen molar-refractivity contribution in [2.24, 2.45) is 5.92 Å². The average Bonchev–Trinajstić information content (AvgIpc) is 2.92. The molecule has 1 heterocycles. The van der Waals surface area contributed by atoms with Crippen molar-refractivity contribution in [1.29, 1.82) is 0 Å². The molecule has 0 aliphatic carbocycles. The van der Waals surface area contributed by atoms with Gasteiger partial charge in [-0.05, 0) is 50.5 Å². The van der Waals surface area contributed by atoms with E-state index in [-0.39, 0.29) is 17.9 Å². The van der Waals surface area contributed by atoms with Crippen molar-refractivity contribution in [3.8, 4) is 0 Å². The molecule has 3 nitrogen and oxygen atoms in total. The molecule has 2 atom stereocenters. The number of carbonyl (C=O) groups excluding carboxylic acids is 1. The molecule has 116 valence electrons. The third-order valence-electron chi connectivity index (χ3n) is 4.32. The zero-order valence-electron chi connectivity index (χ0n) is 13.1. The minimum atomic E-state index is -0.312. The van der Waals surface area contributed by atoms with Crippen molar-refractivity contribution in [2.45, 2.75) is 44.6 Å². The quantitative estimate of drug-likeness (QED) is 0.850. The molecule has 0 aromatic heterocycles. The van der Waals surface area contributed by atoms with Crippen molar-refractivity contribution >= 4 is 17.7 Å². The van der Waals surface area contributed by atoms with Crippen LogP contribution in [0.3, 0.4) is 0 Å². The SMILES string of the molecule is Cc1ccc(SCCC(=O)N2CCC(C(C)O)C2)cc1C. The van der Waals surface area contributed by atoms with Gasteiger partial charge in [0, 0.05) is 36.1 Å². The largest absolute Gasteiger partial charge is 0.393 e. The number of thioether (sulfide) groups is 1. The molecule has 1 N–H and O–H groups in total. The van der Waals surface area contributed by atoms with E-state index in [2.05, 4.69) is 32.0 Å². The lowest BCUT2D eigenvalue weighted by atomic mass is 10.0. The van der Waals surface area contributed by atoms with Crippen molar-refractivity contribution in [2.75, 3.05) is 18.8 Å². The number of aliphatic hydroxyl groups excluding tert-OH is 1. The third-order valence-corrected chi connectivity index (χ3v) is 5.32. The van der Waals surface area contributed by atoms with Crippen LogP contribution >= 0.6 is 11.8 Å². The number of benzene rings is 1. The van der Waals surface area contributed by atoms with Crippen LogP contribution in [0, 0.1) is 19.8 Å².